The van der Waals surface area contributed by atoms with E-state index in [1.807, 2.05) is 24.4 Å². The van der Waals surface area contributed by atoms with E-state index in [-0.39, 0.29) is 0 Å². The van der Waals surface area contributed by atoms with Crippen molar-refractivity contribution in [3.05, 3.63) is 83.1 Å². The number of rotatable bonds is 4. The first kappa shape index (κ1) is 16.9. The van der Waals surface area contributed by atoms with E-state index < -0.39 is 0 Å². The second kappa shape index (κ2) is 6.97. The van der Waals surface area contributed by atoms with E-state index in [9.17, 15) is 0 Å². The molecule has 0 bridgehead atoms. The lowest BCUT2D eigenvalue weighted by Crippen LogP contribution is -1.97. The predicted octanol–water partition coefficient (Wildman–Crippen LogP) is 6.47. The van der Waals surface area contributed by atoms with E-state index >= 15 is 0 Å². The highest BCUT2D eigenvalue weighted by Crippen LogP contribution is 2.30. The molecule has 26 heavy (non-hydrogen) atoms. The fourth-order valence-electron chi connectivity index (χ4n) is 3.59. The van der Waals surface area contributed by atoms with Gasteiger partial charge in [0.25, 0.3) is 0 Å². The van der Waals surface area contributed by atoms with Gasteiger partial charge in [0.2, 0.25) is 0 Å². The van der Waals surface area contributed by atoms with Crippen LogP contribution < -0.4 is 0 Å². The van der Waals surface area contributed by atoms with Crippen molar-refractivity contribution in [1.82, 2.24) is 9.55 Å². The molecule has 2 aromatic carbocycles. The highest BCUT2D eigenvalue weighted by Gasteiger charge is 2.12. The van der Waals surface area contributed by atoms with Crippen LogP contribution >= 0.6 is 11.6 Å². The number of benzene rings is 2. The van der Waals surface area contributed by atoms with Crippen molar-refractivity contribution in [2.24, 2.45) is 0 Å². The normalized spacial score (nSPS) is 11.2. The smallest absolute Gasteiger partial charge is 0.0715 e. The van der Waals surface area contributed by atoms with Crippen LogP contribution in [0.3, 0.4) is 0 Å². The lowest BCUT2D eigenvalue weighted by Gasteiger charge is -2.13. The van der Waals surface area contributed by atoms with E-state index in [2.05, 4.69) is 61.0 Å². The van der Waals surface area contributed by atoms with Gasteiger partial charge in [-0.1, -0.05) is 49.7 Å². The summed E-state index contributed by atoms with van der Waals surface area (Å²) in [6.07, 6.45) is 6.06. The van der Waals surface area contributed by atoms with Gasteiger partial charge >= 0.3 is 0 Å². The number of pyridine rings is 1. The summed E-state index contributed by atoms with van der Waals surface area (Å²) >= 11 is 6.16. The second-order valence-electron chi connectivity index (χ2n) is 6.45. The molecule has 0 fully saturated rings. The molecule has 0 radical (unpaired) electrons. The third-order valence-corrected chi connectivity index (χ3v) is 5.15. The SMILES string of the molecule is CCc1cccc(CC)c1-c1cc2ccn(-c3cccc(Cl)c3)c2cn1. The van der Waals surface area contributed by atoms with Crippen LogP contribution in [0.15, 0.2) is 67.0 Å². The number of halogens is 1. The summed E-state index contributed by atoms with van der Waals surface area (Å²) in [4.78, 5) is 4.82. The van der Waals surface area contributed by atoms with Crippen molar-refractivity contribution in [3.8, 4) is 16.9 Å². The minimum atomic E-state index is 0.735. The average molecular weight is 361 g/mol. The van der Waals surface area contributed by atoms with Gasteiger partial charge in [0, 0.05) is 27.9 Å². The second-order valence-corrected chi connectivity index (χ2v) is 6.89. The Hall–Kier alpha value is -2.58. The van der Waals surface area contributed by atoms with Crippen LogP contribution in [0.5, 0.6) is 0 Å². The third kappa shape index (κ3) is 2.91. The van der Waals surface area contributed by atoms with Gasteiger partial charge < -0.3 is 4.57 Å². The number of nitrogens with zero attached hydrogens (tertiary/aromatic N) is 2. The number of fused-ring (bicyclic) bond motifs is 1. The van der Waals surface area contributed by atoms with Crippen molar-refractivity contribution in [2.45, 2.75) is 26.7 Å². The first-order chi connectivity index (χ1) is 12.7. The fourth-order valence-corrected chi connectivity index (χ4v) is 3.78. The van der Waals surface area contributed by atoms with Crippen LogP contribution in [0.25, 0.3) is 27.8 Å². The molecule has 0 saturated carbocycles. The first-order valence-corrected chi connectivity index (χ1v) is 9.43. The van der Waals surface area contributed by atoms with E-state index in [1.165, 1.54) is 22.1 Å². The molecule has 0 saturated heterocycles. The minimum absolute atomic E-state index is 0.735. The van der Waals surface area contributed by atoms with E-state index in [1.54, 1.807) is 0 Å². The zero-order chi connectivity index (χ0) is 18.1. The first-order valence-electron chi connectivity index (χ1n) is 9.05. The lowest BCUT2D eigenvalue weighted by molar-refractivity contribution is 1.08. The Morgan fingerprint density at radius 3 is 2.35 bits per heavy atom. The van der Waals surface area contributed by atoms with Crippen molar-refractivity contribution in [3.63, 3.8) is 0 Å². The van der Waals surface area contributed by atoms with Gasteiger partial charge in [0.05, 0.1) is 17.4 Å². The molecule has 0 aliphatic carbocycles. The van der Waals surface area contributed by atoms with Gasteiger partial charge in [-0.2, -0.15) is 0 Å². The zero-order valence-electron chi connectivity index (χ0n) is 15.0. The van der Waals surface area contributed by atoms with E-state index in [0.29, 0.717) is 0 Å². The van der Waals surface area contributed by atoms with Crippen LogP contribution in [-0.4, -0.2) is 9.55 Å². The summed E-state index contributed by atoms with van der Waals surface area (Å²) in [5.74, 6) is 0. The Bertz CT molecular complexity index is 1060. The number of aromatic nitrogens is 2. The Morgan fingerprint density at radius 1 is 0.923 bits per heavy atom. The predicted molar refractivity (Wildman–Crippen MR) is 110 cm³/mol. The summed E-state index contributed by atoms with van der Waals surface area (Å²) in [5.41, 5.74) is 7.18. The molecule has 0 spiro atoms. The average Bonchev–Trinajstić information content (AvgIpc) is 3.10. The molecule has 2 heterocycles. The topological polar surface area (TPSA) is 17.8 Å². The molecule has 0 amide bonds. The Balaban J connectivity index is 1.87. The molecule has 2 aromatic heterocycles. The molecular weight excluding hydrogens is 340 g/mol. The lowest BCUT2D eigenvalue weighted by atomic mass is 9.94. The number of aryl methyl sites for hydroxylation is 2. The molecule has 4 aromatic rings. The molecule has 0 N–H and O–H groups in total. The maximum Gasteiger partial charge on any atom is 0.0715 e. The Labute approximate surface area is 159 Å². The minimum Gasteiger partial charge on any atom is -0.315 e. The van der Waals surface area contributed by atoms with Crippen molar-refractivity contribution < 1.29 is 0 Å². The maximum absolute atomic E-state index is 6.16. The van der Waals surface area contributed by atoms with Crippen LogP contribution in [0.2, 0.25) is 5.02 Å². The quantitative estimate of drug-likeness (QED) is 0.407. The van der Waals surface area contributed by atoms with Crippen LogP contribution in [0.1, 0.15) is 25.0 Å². The van der Waals surface area contributed by atoms with E-state index in [4.69, 9.17) is 16.6 Å². The fraction of sp³-hybridized carbons (Fsp3) is 0.174. The van der Waals surface area contributed by atoms with Gasteiger partial charge in [-0.3, -0.25) is 4.98 Å². The monoisotopic (exact) mass is 360 g/mol. The van der Waals surface area contributed by atoms with Gasteiger partial charge in [-0.25, -0.2) is 0 Å². The highest BCUT2D eigenvalue weighted by atomic mass is 35.5. The molecule has 2 nitrogen and oxygen atoms in total. The highest BCUT2D eigenvalue weighted by molar-refractivity contribution is 6.30. The van der Waals surface area contributed by atoms with Crippen LogP contribution in [0, 0.1) is 0 Å². The summed E-state index contributed by atoms with van der Waals surface area (Å²) in [5, 5.41) is 1.92. The third-order valence-electron chi connectivity index (χ3n) is 4.92. The summed E-state index contributed by atoms with van der Waals surface area (Å²) in [7, 11) is 0. The van der Waals surface area contributed by atoms with Crippen LogP contribution in [-0.2, 0) is 12.8 Å². The molecule has 0 aliphatic rings. The molecule has 130 valence electrons. The number of hydrogen-bond donors (Lipinski definition) is 0. The summed E-state index contributed by atoms with van der Waals surface area (Å²) < 4.78 is 2.13. The maximum atomic E-state index is 6.16. The van der Waals surface area contributed by atoms with Gasteiger partial charge in [0.1, 0.15) is 0 Å². The number of hydrogen-bond acceptors (Lipinski definition) is 1. The van der Waals surface area contributed by atoms with Crippen molar-refractivity contribution >= 4 is 22.5 Å². The summed E-state index contributed by atoms with van der Waals surface area (Å²) in [6.45, 7) is 4.40. The Morgan fingerprint density at radius 2 is 1.65 bits per heavy atom. The molecule has 0 unspecified atom stereocenters. The molecular formula is C23H21ClN2. The van der Waals surface area contributed by atoms with Crippen molar-refractivity contribution in [2.75, 3.05) is 0 Å². The van der Waals surface area contributed by atoms with Crippen LogP contribution in [0.4, 0.5) is 0 Å². The molecule has 3 heteroatoms. The molecule has 4 rings (SSSR count). The van der Waals surface area contributed by atoms with Gasteiger partial charge in [-0.15, -0.1) is 0 Å². The van der Waals surface area contributed by atoms with E-state index in [0.717, 1.165) is 34.8 Å². The molecule has 0 atom stereocenters. The van der Waals surface area contributed by atoms with Gasteiger partial charge in [0.15, 0.2) is 0 Å². The Kier molecular flexibility index (Phi) is 4.52. The van der Waals surface area contributed by atoms with Gasteiger partial charge in [-0.05, 0) is 54.3 Å². The summed E-state index contributed by atoms with van der Waals surface area (Å²) in [6, 6.07) is 18.8. The standard InChI is InChI=1S/C23H21ClN2/c1-3-16-7-5-8-17(4-2)23(16)21-13-18-11-12-26(22(18)15-25-21)20-10-6-9-19(24)14-20/h5-15H,3-4H2,1-2H3. The zero-order valence-corrected chi connectivity index (χ0v) is 15.8. The largest absolute Gasteiger partial charge is 0.315 e. The van der Waals surface area contributed by atoms with Crippen molar-refractivity contribution in [1.29, 1.82) is 0 Å². The molecule has 0 aliphatic heterocycles.